The Morgan fingerprint density at radius 1 is 1.18 bits per heavy atom. The molecule has 0 aliphatic heterocycles. The Hall–Kier alpha value is 0.0500. The van der Waals surface area contributed by atoms with Crippen molar-refractivity contribution in [2.24, 2.45) is 0 Å². The van der Waals surface area contributed by atoms with E-state index >= 15 is 0 Å². The third kappa shape index (κ3) is 2.24. The van der Waals surface area contributed by atoms with Crippen LogP contribution in [-0.2, 0) is 0 Å². The number of rotatable bonds is 1. The van der Waals surface area contributed by atoms with Crippen molar-refractivity contribution in [2.75, 3.05) is 0 Å². The minimum Gasteiger partial charge on any atom is -0.373 e. The molecule has 0 spiro atoms. The topological polar surface area (TPSA) is 20.2 Å². The molecule has 0 amide bonds. The van der Waals surface area contributed by atoms with Gasteiger partial charge in [0.1, 0.15) is 0 Å². The first kappa shape index (κ1) is 9.14. The van der Waals surface area contributed by atoms with Crippen molar-refractivity contribution in [2.45, 2.75) is 5.56 Å². The molecule has 1 aromatic rings. The highest BCUT2D eigenvalue weighted by Gasteiger charge is 2.04. The summed E-state index contributed by atoms with van der Waals surface area (Å²) in [5.74, 6) is 0. The Balaban J connectivity index is 3.05. The molecule has 1 rings (SSSR count). The summed E-state index contributed by atoms with van der Waals surface area (Å²) in [4.78, 5) is 0. The molecule has 0 aliphatic rings. The summed E-state index contributed by atoms with van der Waals surface area (Å²) in [6.45, 7) is 0. The minimum absolute atomic E-state index is 0.392. The van der Waals surface area contributed by atoms with Crippen molar-refractivity contribution in [1.82, 2.24) is 0 Å². The minimum atomic E-state index is -1.02. The summed E-state index contributed by atoms with van der Waals surface area (Å²) in [5.41, 5.74) is -0.481. The molecule has 1 nitrogen and oxygen atoms in total. The number of hydrogen-bond acceptors (Lipinski definition) is 1. The standard InChI is InChI=1S/C7H5Cl3O/c8-5-2-1-4(7(10)11)3-6(5)9/h1-3,7,11H. The van der Waals surface area contributed by atoms with Crippen LogP contribution in [0.4, 0.5) is 0 Å². The fourth-order valence-corrected chi connectivity index (χ4v) is 1.10. The second-order valence-corrected chi connectivity index (χ2v) is 3.24. The molecule has 1 unspecified atom stereocenters. The maximum Gasteiger partial charge on any atom is 0.153 e. The molecule has 11 heavy (non-hydrogen) atoms. The first-order valence-corrected chi connectivity index (χ1v) is 4.07. The molecule has 0 bridgehead atoms. The van der Waals surface area contributed by atoms with Crippen molar-refractivity contribution in [3.8, 4) is 0 Å². The first-order valence-electron chi connectivity index (χ1n) is 2.88. The van der Waals surface area contributed by atoms with Gasteiger partial charge in [-0.3, -0.25) is 0 Å². The lowest BCUT2D eigenvalue weighted by atomic mass is 10.2. The Morgan fingerprint density at radius 2 is 1.82 bits per heavy atom. The maximum atomic E-state index is 8.90. The normalized spacial score (nSPS) is 13.1. The SMILES string of the molecule is OC(Cl)c1ccc(Cl)c(Cl)c1. The highest BCUT2D eigenvalue weighted by Crippen LogP contribution is 2.26. The van der Waals surface area contributed by atoms with Gasteiger partial charge >= 0.3 is 0 Å². The fourth-order valence-electron chi connectivity index (χ4n) is 0.661. The lowest BCUT2D eigenvalue weighted by molar-refractivity contribution is 0.263. The summed E-state index contributed by atoms with van der Waals surface area (Å²) < 4.78 is 0. The van der Waals surface area contributed by atoms with Gasteiger partial charge < -0.3 is 5.11 Å². The zero-order valence-electron chi connectivity index (χ0n) is 5.39. The Bertz CT molecular complexity index is 260. The van der Waals surface area contributed by atoms with Crippen LogP contribution < -0.4 is 0 Å². The monoisotopic (exact) mass is 210 g/mol. The lowest BCUT2D eigenvalue weighted by Crippen LogP contribution is -1.86. The first-order chi connectivity index (χ1) is 5.11. The third-order valence-electron chi connectivity index (χ3n) is 1.22. The quantitative estimate of drug-likeness (QED) is 0.707. The van der Waals surface area contributed by atoms with Gasteiger partial charge in [-0.25, -0.2) is 0 Å². The fraction of sp³-hybridized carbons (Fsp3) is 0.143. The number of alkyl halides is 1. The molecule has 0 heterocycles. The van der Waals surface area contributed by atoms with E-state index in [0.29, 0.717) is 15.6 Å². The molecule has 0 saturated heterocycles. The van der Waals surface area contributed by atoms with Gasteiger partial charge in [0, 0.05) is 0 Å². The molecular formula is C7H5Cl3O. The molecule has 0 aromatic heterocycles. The molecule has 0 radical (unpaired) electrons. The van der Waals surface area contributed by atoms with Crippen LogP contribution in [0.3, 0.4) is 0 Å². The second kappa shape index (κ2) is 3.63. The van der Waals surface area contributed by atoms with E-state index in [1.54, 1.807) is 12.1 Å². The van der Waals surface area contributed by atoms with Crippen LogP contribution >= 0.6 is 34.8 Å². The Kier molecular flexibility index (Phi) is 3.02. The molecule has 4 heteroatoms. The summed E-state index contributed by atoms with van der Waals surface area (Å²) >= 11 is 16.7. The van der Waals surface area contributed by atoms with Gasteiger partial charge in [0.15, 0.2) is 5.56 Å². The predicted octanol–water partition coefficient (Wildman–Crippen LogP) is 3.22. The van der Waals surface area contributed by atoms with E-state index in [-0.39, 0.29) is 0 Å². The van der Waals surface area contributed by atoms with E-state index in [9.17, 15) is 0 Å². The van der Waals surface area contributed by atoms with Gasteiger partial charge in [0.2, 0.25) is 0 Å². The second-order valence-electron chi connectivity index (χ2n) is 2.01. The highest BCUT2D eigenvalue weighted by molar-refractivity contribution is 6.42. The number of halogens is 3. The van der Waals surface area contributed by atoms with Crippen molar-refractivity contribution in [3.05, 3.63) is 33.8 Å². The average molecular weight is 211 g/mol. The van der Waals surface area contributed by atoms with Crippen LogP contribution in [0.1, 0.15) is 11.1 Å². The van der Waals surface area contributed by atoms with Gasteiger partial charge in [-0.2, -0.15) is 0 Å². The van der Waals surface area contributed by atoms with Crippen molar-refractivity contribution >= 4 is 34.8 Å². The van der Waals surface area contributed by atoms with E-state index in [1.165, 1.54) is 6.07 Å². The summed E-state index contributed by atoms with van der Waals surface area (Å²) in [7, 11) is 0. The van der Waals surface area contributed by atoms with Crippen LogP contribution in [0.2, 0.25) is 10.0 Å². The maximum absolute atomic E-state index is 8.90. The van der Waals surface area contributed by atoms with Gasteiger partial charge in [0.25, 0.3) is 0 Å². The molecular weight excluding hydrogens is 206 g/mol. The highest BCUT2D eigenvalue weighted by atomic mass is 35.5. The third-order valence-corrected chi connectivity index (χ3v) is 2.21. The number of hydrogen-bond donors (Lipinski definition) is 1. The Labute approximate surface area is 79.5 Å². The van der Waals surface area contributed by atoms with Gasteiger partial charge in [0.05, 0.1) is 10.0 Å². The smallest absolute Gasteiger partial charge is 0.153 e. The molecule has 1 aromatic carbocycles. The molecule has 1 N–H and O–H groups in total. The number of benzene rings is 1. The lowest BCUT2D eigenvalue weighted by Gasteiger charge is -2.02. The van der Waals surface area contributed by atoms with Crippen LogP contribution in [0.25, 0.3) is 0 Å². The molecule has 60 valence electrons. The van der Waals surface area contributed by atoms with E-state index in [2.05, 4.69) is 0 Å². The number of aliphatic hydroxyl groups excluding tert-OH is 1. The van der Waals surface area contributed by atoms with Crippen LogP contribution in [0, 0.1) is 0 Å². The van der Waals surface area contributed by atoms with Crippen LogP contribution in [0.5, 0.6) is 0 Å². The Morgan fingerprint density at radius 3 is 2.27 bits per heavy atom. The van der Waals surface area contributed by atoms with Crippen molar-refractivity contribution in [1.29, 1.82) is 0 Å². The number of aliphatic hydroxyl groups is 1. The average Bonchev–Trinajstić information content (AvgIpc) is 1.94. The zero-order chi connectivity index (χ0) is 8.43. The summed E-state index contributed by atoms with van der Waals surface area (Å²) in [5, 5.41) is 9.75. The summed E-state index contributed by atoms with van der Waals surface area (Å²) in [6.07, 6.45) is 0. The van der Waals surface area contributed by atoms with E-state index in [1.807, 2.05) is 0 Å². The summed E-state index contributed by atoms with van der Waals surface area (Å²) in [6, 6.07) is 4.73. The molecule has 1 atom stereocenters. The zero-order valence-corrected chi connectivity index (χ0v) is 7.66. The van der Waals surface area contributed by atoms with Crippen molar-refractivity contribution < 1.29 is 5.11 Å². The van der Waals surface area contributed by atoms with E-state index in [4.69, 9.17) is 39.9 Å². The van der Waals surface area contributed by atoms with Crippen LogP contribution in [-0.4, -0.2) is 5.11 Å². The van der Waals surface area contributed by atoms with Gasteiger partial charge in [-0.05, 0) is 17.7 Å². The van der Waals surface area contributed by atoms with Gasteiger partial charge in [-0.15, -0.1) is 0 Å². The van der Waals surface area contributed by atoms with E-state index < -0.39 is 5.56 Å². The molecule has 0 aliphatic carbocycles. The van der Waals surface area contributed by atoms with Gasteiger partial charge in [-0.1, -0.05) is 40.9 Å². The largest absolute Gasteiger partial charge is 0.373 e. The van der Waals surface area contributed by atoms with Crippen LogP contribution in [0.15, 0.2) is 18.2 Å². The molecule has 0 fully saturated rings. The van der Waals surface area contributed by atoms with E-state index in [0.717, 1.165) is 0 Å². The molecule has 0 saturated carbocycles. The predicted molar refractivity (Wildman–Crippen MR) is 47.3 cm³/mol. The van der Waals surface area contributed by atoms with Crippen molar-refractivity contribution in [3.63, 3.8) is 0 Å².